The van der Waals surface area contributed by atoms with E-state index in [0.29, 0.717) is 11.6 Å². The number of rotatable bonds is 4. The van der Waals surface area contributed by atoms with Crippen molar-refractivity contribution in [1.29, 1.82) is 0 Å². The van der Waals surface area contributed by atoms with Crippen LogP contribution in [0.15, 0.2) is 29.2 Å². The van der Waals surface area contributed by atoms with Crippen molar-refractivity contribution in [2.24, 2.45) is 16.5 Å². The lowest BCUT2D eigenvalue weighted by Crippen LogP contribution is -2.48. The SMILES string of the molecule is CN=CC(=CN)Nc1nccc(N2CCC(C)(N)CC2)n1. The van der Waals surface area contributed by atoms with E-state index in [1.54, 1.807) is 19.5 Å². The maximum atomic E-state index is 6.16. The predicted octanol–water partition coefficient (Wildman–Crippen LogP) is 0.707. The Morgan fingerprint density at radius 3 is 2.81 bits per heavy atom. The van der Waals surface area contributed by atoms with Crippen LogP contribution in [0.4, 0.5) is 11.8 Å². The van der Waals surface area contributed by atoms with Crippen LogP contribution < -0.4 is 21.7 Å². The van der Waals surface area contributed by atoms with Gasteiger partial charge in [0.05, 0.1) is 5.70 Å². The molecule has 1 aromatic heterocycles. The number of nitrogens with zero attached hydrogens (tertiary/aromatic N) is 4. The Morgan fingerprint density at radius 1 is 1.48 bits per heavy atom. The molecule has 0 radical (unpaired) electrons. The maximum absolute atomic E-state index is 6.16. The molecular weight excluding hydrogens is 266 g/mol. The first-order valence-corrected chi connectivity index (χ1v) is 7.02. The Kier molecular flexibility index (Phi) is 4.74. The van der Waals surface area contributed by atoms with Crippen molar-refractivity contribution in [3.8, 4) is 0 Å². The number of nitrogens with two attached hydrogens (primary N) is 2. The molecule has 0 saturated carbocycles. The normalized spacial score (nSPS) is 19.0. The van der Waals surface area contributed by atoms with Gasteiger partial charge in [0.15, 0.2) is 0 Å². The highest BCUT2D eigenvalue weighted by Gasteiger charge is 2.26. The molecule has 1 saturated heterocycles. The van der Waals surface area contributed by atoms with Crippen LogP contribution in [0.3, 0.4) is 0 Å². The molecule has 5 N–H and O–H groups in total. The summed E-state index contributed by atoms with van der Waals surface area (Å²) in [5.74, 6) is 1.40. The maximum Gasteiger partial charge on any atom is 0.229 e. The van der Waals surface area contributed by atoms with Crippen LogP contribution in [0.1, 0.15) is 19.8 Å². The summed E-state index contributed by atoms with van der Waals surface area (Å²) >= 11 is 0. The van der Waals surface area contributed by atoms with Gasteiger partial charge >= 0.3 is 0 Å². The van der Waals surface area contributed by atoms with E-state index in [1.165, 1.54) is 6.20 Å². The van der Waals surface area contributed by atoms with Gasteiger partial charge in [0.1, 0.15) is 5.82 Å². The third-order valence-electron chi connectivity index (χ3n) is 3.57. The summed E-state index contributed by atoms with van der Waals surface area (Å²) in [6, 6.07) is 1.91. The highest BCUT2D eigenvalue weighted by atomic mass is 15.2. The minimum atomic E-state index is -0.0718. The molecule has 1 aliphatic rings. The van der Waals surface area contributed by atoms with E-state index in [2.05, 4.69) is 32.1 Å². The number of hydrogen-bond acceptors (Lipinski definition) is 7. The second kappa shape index (κ2) is 6.53. The van der Waals surface area contributed by atoms with Crippen LogP contribution in [0, 0.1) is 0 Å². The lowest BCUT2D eigenvalue weighted by molar-refractivity contribution is 0.363. The van der Waals surface area contributed by atoms with Gasteiger partial charge < -0.3 is 21.7 Å². The molecule has 7 heteroatoms. The molecule has 0 amide bonds. The van der Waals surface area contributed by atoms with Crippen LogP contribution in [-0.2, 0) is 0 Å². The standard InChI is InChI=1S/C14H23N7/c1-14(16)4-7-21(8-5-14)12-3-6-18-13(20-12)19-11(9-15)10-17-2/h3,6,9-10H,4-5,7-8,15-16H2,1-2H3,(H,18,19,20). The van der Waals surface area contributed by atoms with Gasteiger partial charge in [0.25, 0.3) is 0 Å². The van der Waals surface area contributed by atoms with Gasteiger partial charge in [-0.3, -0.25) is 4.99 Å². The lowest BCUT2D eigenvalue weighted by Gasteiger charge is -2.37. The first-order chi connectivity index (χ1) is 10.0. The quantitative estimate of drug-likeness (QED) is 0.705. The predicted molar refractivity (Wildman–Crippen MR) is 86.4 cm³/mol. The monoisotopic (exact) mass is 289 g/mol. The van der Waals surface area contributed by atoms with E-state index in [1.807, 2.05) is 6.07 Å². The highest BCUT2D eigenvalue weighted by molar-refractivity contribution is 5.81. The van der Waals surface area contributed by atoms with Crippen molar-refractivity contribution >= 4 is 18.0 Å². The van der Waals surface area contributed by atoms with Crippen LogP contribution in [0.5, 0.6) is 0 Å². The lowest BCUT2D eigenvalue weighted by atomic mass is 9.91. The van der Waals surface area contributed by atoms with E-state index in [9.17, 15) is 0 Å². The molecule has 0 spiro atoms. The van der Waals surface area contributed by atoms with Crippen LogP contribution in [0.2, 0.25) is 0 Å². The topological polar surface area (TPSA) is 105 Å². The van der Waals surface area contributed by atoms with Gasteiger partial charge in [-0.25, -0.2) is 4.98 Å². The van der Waals surface area contributed by atoms with Crippen molar-refractivity contribution in [3.63, 3.8) is 0 Å². The van der Waals surface area contributed by atoms with Crippen LogP contribution in [-0.4, -0.2) is 41.9 Å². The molecule has 1 fully saturated rings. The first-order valence-electron chi connectivity index (χ1n) is 7.02. The Hall–Kier alpha value is -2.15. The number of nitrogens with one attached hydrogen (secondary N) is 1. The third kappa shape index (κ3) is 4.16. The zero-order valence-electron chi connectivity index (χ0n) is 12.6. The smallest absolute Gasteiger partial charge is 0.229 e. The second-order valence-corrected chi connectivity index (χ2v) is 5.51. The summed E-state index contributed by atoms with van der Waals surface area (Å²) in [5, 5.41) is 3.04. The van der Waals surface area contributed by atoms with E-state index in [4.69, 9.17) is 11.5 Å². The van der Waals surface area contributed by atoms with Crippen LogP contribution in [0.25, 0.3) is 0 Å². The second-order valence-electron chi connectivity index (χ2n) is 5.51. The summed E-state index contributed by atoms with van der Waals surface area (Å²) in [5.41, 5.74) is 12.3. The molecule has 0 unspecified atom stereocenters. The van der Waals surface area contributed by atoms with Gasteiger partial charge in [0.2, 0.25) is 5.95 Å². The molecule has 21 heavy (non-hydrogen) atoms. The third-order valence-corrected chi connectivity index (χ3v) is 3.57. The zero-order valence-corrected chi connectivity index (χ0v) is 12.6. The van der Waals surface area contributed by atoms with Crippen molar-refractivity contribution in [2.75, 3.05) is 30.4 Å². The Bertz CT molecular complexity index is 526. The molecule has 2 rings (SSSR count). The fourth-order valence-corrected chi connectivity index (χ4v) is 2.22. The summed E-state index contributed by atoms with van der Waals surface area (Å²) < 4.78 is 0. The van der Waals surface area contributed by atoms with E-state index >= 15 is 0 Å². The first kappa shape index (κ1) is 15.2. The van der Waals surface area contributed by atoms with Gasteiger partial charge in [-0.05, 0) is 25.8 Å². The largest absolute Gasteiger partial charge is 0.403 e. The number of piperidine rings is 1. The average molecular weight is 289 g/mol. The molecule has 1 aliphatic heterocycles. The number of aliphatic imine (C=N–C) groups is 1. The zero-order chi connectivity index (χ0) is 15.3. The molecule has 1 aromatic rings. The summed E-state index contributed by atoms with van der Waals surface area (Å²) in [4.78, 5) is 14.9. The van der Waals surface area contributed by atoms with Crippen LogP contribution >= 0.6 is 0 Å². The van der Waals surface area contributed by atoms with Gasteiger partial charge in [0, 0.05) is 44.3 Å². The summed E-state index contributed by atoms with van der Waals surface area (Å²) in [6.45, 7) is 3.90. The summed E-state index contributed by atoms with van der Waals surface area (Å²) in [6.07, 6.45) is 6.70. The molecule has 114 valence electrons. The molecule has 0 aromatic carbocycles. The molecule has 0 atom stereocenters. The minimum absolute atomic E-state index is 0.0718. The average Bonchev–Trinajstić information content (AvgIpc) is 2.47. The van der Waals surface area contributed by atoms with E-state index < -0.39 is 0 Å². The number of aromatic nitrogens is 2. The van der Waals surface area contributed by atoms with E-state index in [-0.39, 0.29) is 5.54 Å². The molecule has 7 nitrogen and oxygen atoms in total. The molecular formula is C14H23N7. The fraction of sp³-hybridized carbons (Fsp3) is 0.500. The Morgan fingerprint density at radius 2 is 2.19 bits per heavy atom. The van der Waals surface area contributed by atoms with Crippen molar-refractivity contribution in [1.82, 2.24) is 9.97 Å². The van der Waals surface area contributed by atoms with Gasteiger partial charge in [-0.2, -0.15) is 4.98 Å². The summed E-state index contributed by atoms with van der Waals surface area (Å²) in [7, 11) is 1.68. The van der Waals surface area contributed by atoms with Crippen molar-refractivity contribution in [3.05, 3.63) is 24.2 Å². The number of hydrogen-bond donors (Lipinski definition) is 3. The van der Waals surface area contributed by atoms with E-state index in [0.717, 1.165) is 31.7 Å². The minimum Gasteiger partial charge on any atom is -0.403 e. The molecule has 2 heterocycles. The number of allylic oxidation sites excluding steroid dienone is 1. The molecule has 0 bridgehead atoms. The Balaban J connectivity index is 2.08. The molecule has 0 aliphatic carbocycles. The van der Waals surface area contributed by atoms with Crippen molar-refractivity contribution in [2.45, 2.75) is 25.3 Å². The van der Waals surface area contributed by atoms with Gasteiger partial charge in [-0.15, -0.1) is 0 Å². The van der Waals surface area contributed by atoms with Gasteiger partial charge in [-0.1, -0.05) is 0 Å². The van der Waals surface area contributed by atoms with Crippen molar-refractivity contribution < 1.29 is 0 Å². The fourth-order valence-electron chi connectivity index (χ4n) is 2.22. The Labute approximate surface area is 125 Å². The number of anilines is 2. The highest BCUT2D eigenvalue weighted by Crippen LogP contribution is 2.23.